The highest BCUT2D eigenvalue weighted by Crippen LogP contribution is 2.48. The first-order valence-electron chi connectivity index (χ1n) is 11.7. The number of methoxy groups -OCH3 is 2. The van der Waals surface area contributed by atoms with Crippen LogP contribution in [0.25, 0.3) is 10.9 Å². The fourth-order valence-corrected chi connectivity index (χ4v) is 5.96. The predicted octanol–water partition coefficient (Wildman–Crippen LogP) is 3.51. The van der Waals surface area contributed by atoms with E-state index < -0.39 is 11.9 Å². The predicted molar refractivity (Wildman–Crippen MR) is 128 cm³/mol. The maximum Gasteiger partial charge on any atom is 0.323 e. The minimum Gasteiger partial charge on any atom is -0.468 e. The van der Waals surface area contributed by atoms with Gasteiger partial charge in [0.05, 0.1) is 37.4 Å². The van der Waals surface area contributed by atoms with Crippen LogP contribution in [0.3, 0.4) is 0 Å². The van der Waals surface area contributed by atoms with Crippen molar-refractivity contribution in [3.8, 4) is 0 Å². The van der Waals surface area contributed by atoms with Gasteiger partial charge in [-0.15, -0.1) is 0 Å². The van der Waals surface area contributed by atoms with Crippen LogP contribution in [0.1, 0.15) is 41.7 Å². The number of nitrogens with zero attached hydrogens (tertiary/aromatic N) is 1. The summed E-state index contributed by atoms with van der Waals surface area (Å²) < 4.78 is 25.1. The molecule has 6 nitrogen and oxygen atoms in total. The lowest BCUT2D eigenvalue weighted by Crippen LogP contribution is -2.92. The van der Waals surface area contributed by atoms with Gasteiger partial charge in [0.1, 0.15) is 11.9 Å². The number of quaternary nitrogens is 1. The number of halogens is 2. The van der Waals surface area contributed by atoms with Crippen LogP contribution < -0.4 is 5.32 Å². The molecule has 3 heterocycles. The Bertz CT molecular complexity index is 1200. The van der Waals surface area contributed by atoms with Crippen LogP contribution >= 0.6 is 11.6 Å². The van der Waals surface area contributed by atoms with Gasteiger partial charge in [0.2, 0.25) is 0 Å². The maximum atomic E-state index is 14.5. The van der Waals surface area contributed by atoms with Crippen molar-refractivity contribution in [1.29, 1.82) is 0 Å². The number of para-hydroxylation sites is 1. The summed E-state index contributed by atoms with van der Waals surface area (Å²) in [5.74, 6) is -0.707. The normalized spacial score (nSPS) is 24.6. The third-order valence-electron chi connectivity index (χ3n) is 7.33. The van der Waals surface area contributed by atoms with E-state index in [-0.39, 0.29) is 29.1 Å². The van der Waals surface area contributed by atoms with Crippen molar-refractivity contribution >= 4 is 28.5 Å². The van der Waals surface area contributed by atoms with E-state index in [1.54, 1.807) is 13.2 Å². The molecule has 0 amide bonds. The van der Waals surface area contributed by atoms with E-state index in [9.17, 15) is 9.18 Å². The van der Waals surface area contributed by atoms with Gasteiger partial charge < -0.3 is 19.8 Å². The molecule has 3 aromatic rings. The average Bonchev–Trinajstić information content (AvgIpc) is 3.23. The van der Waals surface area contributed by atoms with E-state index in [0.717, 1.165) is 41.5 Å². The molecule has 5 rings (SSSR count). The molecule has 2 aromatic carbocycles. The van der Waals surface area contributed by atoms with Crippen molar-refractivity contribution in [3.05, 3.63) is 70.1 Å². The molecule has 4 atom stereocenters. The standard InChI is InChI=1S/C26H29ClFN3O3/c1-33-10-9-29-16-12-22(15-7-8-19(27)20(28)11-15)31-23(13-16)25-18(14-24(31)26(32)34-2)17-5-3-4-6-21(17)30-25/h3-8,11,16,22-24,29-30H,9-10,12-14H2,1-2H3/p+1. The molecular weight excluding hydrogens is 457 g/mol. The third kappa shape index (κ3) is 4.11. The van der Waals surface area contributed by atoms with E-state index in [2.05, 4.69) is 27.3 Å². The second-order valence-corrected chi connectivity index (χ2v) is 9.61. The average molecular weight is 487 g/mol. The van der Waals surface area contributed by atoms with Crippen LogP contribution in [0, 0.1) is 5.82 Å². The molecule has 8 heteroatoms. The van der Waals surface area contributed by atoms with Gasteiger partial charge in [0, 0.05) is 49.0 Å². The Hall–Kier alpha value is -2.45. The van der Waals surface area contributed by atoms with Crippen LogP contribution in [0.5, 0.6) is 0 Å². The smallest absolute Gasteiger partial charge is 0.323 e. The van der Waals surface area contributed by atoms with Gasteiger partial charge >= 0.3 is 5.97 Å². The zero-order valence-corrected chi connectivity index (χ0v) is 20.1. The van der Waals surface area contributed by atoms with E-state index in [1.165, 1.54) is 18.7 Å². The Kier molecular flexibility index (Phi) is 6.62. The first-order chi connectivity index (χ1) is 16.5. The second kappa shape index (κ2) is 9.66. The molecule has 2 aliphatic rings. The molecule has 0 radical (unpaired) electrons. The molecule has 0 spiro atoms. The van der Waals surface area contributed by atoms with Crippen molar-refractivity contribution in [1.82, 2.24) is 9.88 Å². The van der Waals surface area contributed by atoms with E-state index in [4.69, 9.17) is 21.1 Å². The second-order valence-electron chi connectivity index (χ2n) is 9.21. The summed E-state index contributed by atoms with van der Waals surface area (Å²) in [7, 11) is 3.14. The Labute approximate surface area is 203 Å². The first-order valence-corrected chi connectivity index (χ1v) is 12.1. The summed E-state index contributed by atoms with van der Waals surface area (Å²) in [6.45, 7) is 1.50. The van der Waals surface area contributed by atoms with Crippen molar-refractivity contribution < 1.29 is 24.0 Å². The van der Waals surface area contributed by atoms with Gasteiger partial charge in [-0.2, -0.15) is 0 Å². The largest absolute Gasteiger partial charge is 0.468 e. The molecule has 0 aliphatic carbocycles. The highest BCUT2D eigenvalue weighted by atomic mass is 35.5. The molecule has 1 saturated heterocycles. The van der Waals surface area contributed by atoms with E-state index in [1.807, 2.05) is 18.2 Å². The zero-order valence-electron chi connectivity index (χ0n) is 19.4. The number of carbonyl (C=O) groups excluding carboxylic acids is 1. The number of piperidine rings is 1. The maximum absolute atomic E-state index is 14.5. The molecule has 34 heavy (non-hydrogen) atoms. The molecule has 180 valence electrons. The molecule has 4 unspecified atom stereocenters. The number of hydrogen-bond acceptors (Lipinski definition) is 4. The molecule has 1 fully saturated rings. The fourth-order valence-electron chi connectivity index (χ4n) is 5.84. The van der Waals surface area contributed by atoms with Gasteiger partial charge in [0.25, 0.3) is 0 Å². The highest BCUT2D eigenvalue weighted by molar-refractivity contribution is 6.30. The van der Waals surface area contributed by atoms with Crippen molar-refractivity contribution in [2.75, 3.05) is 27.4 Å². The molecule has 0 saturated carbocycles. The first kappa shape index (κ1) is 23.3. The third-order valence-corrected chi connectivity index (χ3v) is 7.64. The van der Waals surface area contributed by atoms with Gasteiger partial charge in [-0.25, -0.2) is 4.39 Å². The lowest BCUT2D eigenvalue weighted by Gasteiger charge is -2.49. The minimum absolute atomic E-state index is 0.0264. The Morgan fingerprint density at radius 2 is 2.00 bits per heavy atom. The Morgan fingerprint density at radius 3 is 2.76 bits per heavy atom. The number of H-pyrrole nitrogens is 1. The molecule has 1 aromatic heterocycles. The van der Waals surface area contributed by atoms with Crippen LogP contribution in [0.2, 0.25) is 5.02 Å². The summed E-state index contributed by atoms with van der Waals surface area (Å²) in [5.41, 5.74) is 4.21. The van der Waals surface area contributed by atoms with Crippen LogP contribution in [0.15, 0.2) is 42.5 Å². The summed E-state index contributed by atoms with van der Waals surface area (Å²) in [4.78, 5) is 19.0. The van der Waals surface area contributed by atoms with E-state index >= 15 is 0 Å². The van der Waals surface area contributed by atoms with Gasteiger partial charge in [-0.05, 0) is 29.3 Å². The summed E-state index contributed by atoms with van der Waals surface area (Å²) in [6.07, 6.45) is 2.20. The number of esters is 1. The number of fused-ring (bicyclic) bond motifs is 5. The van der Waals surface area contributed by atoms with E-state index in [0.29, 0.717) is 13.0 Å². The molecule has 3 N–H and O–H groups in total. The van der Waals surface area contributed by atoms with Gasteiger partial charge in [-0.3, -0.25) is 9.69 Å². The number of aromatic nitrogens is 1. The molecule has 2 aliphatic heterocycles. The fraction of sp³-hybridized carbons (Fsp3) is 0.423. The molecule has 0 bridgehead atoms. The van der Waals surface area contributed by atoms with Crippen LogP contribution in [-0.2, 0) is 20.7 Å². The lowest BCUT2D eigenvalue weighted by atomic mass is 9.79. The van der Waals surface area contributed by atoms with Crippen LogP contribution in [0.4, 0.5) is 4.39 Å². The number of ether oxygens (including phenoxy) is 2. The van der Waals surface area contributed by atoms with Crippen molar-refractivity contribution in [2.45, 2.75) is 43.4 Å². The summed E-state index contributed by atoms with van der Waals surface area (Å²) in [6, 6.07) is 12.9. The molecular formula is C26H30ClFN3O3+. The number of carbonyl (C=O) groups is 1. The van der Waals surface area contributed by atoms with Crippen molar-refractivity contribution in [2.24, 2.45) is 0 Å². The monoisotopic (exact) mass is 486 g/mol. The summed E-state index contributed by atoms with van der Waals surface area (Å²) >= 11 is 6.00. The Morgan fingerprint density at radius 1 is 1.21 bits per heavy atom. The number of hydrogen-bond donors (Lipinski definition) is 2. The number of benzene rings is 2. The van der Waals surface area contributed by atoms with Crippen LogP contribution in [-0.4, -0.2) is 55.3 Å². The number of nitrogens with one attached hydrogen (secondary N) is 1. The van der Waals surface area contributed by atoms with Crippen molar-refractivity contribution in [3.63, 3.8) is 0 Å². The quantitative estimate of drug-likeness (QED) is 0.413. The number of nitrogens with two attached hydrogens (primary N) is 1. The number of rotatable bonds is 6. The Balaban J connectivity index is 1.62. The van der Waals surface area contributed by atoms with Gasteiger partial charge in [-0.1, -0.05) is 35.9 Å². The highest BCUT2D eigenvalue weighted by Gasteiger charge is 2.49. The minimum atomic E-state index is -0.453. The lowest BCUT2D eigenvalue weighted by molar-refractivity contribution is -0.695. The zero-order chi connectivity index (χ0) is 23.8. The number of aromatic amines is 1. The SMILES string of the molecule is COCC[NH2+]C1CC(c2ccc(Cl)c(F)c2)N2C(C(=O)OC)Cc3c([nH]c4ccccc34)C2C1. The van der Waals surface area contributed by atoms with Gasteiger partial charge in [0.15, 0.2) is 0 Å². The topological polar surface area (TPSA) is 71.2 Å². The summed E-state index contributed by atoms with van der Waals surface area (Å²) in [5, 5.41) is 3.55.